The van der Waals surface area contributed by atoms with Gasteiger partial charge in [0.05, 0.1) is 0 Å². The van der Waals surface area contributed by atoms with E-state index in [1.54, 1.807) is 0 Å². The van der Waals surface area contributed by atoms with Crippen LogP contribution in [0.5, 0.6) is 0 Å². The lowest BCUT2D eigenvalue weighted by Gasteiger charge is -2.24. The lowest BCUT2D eigenvalue weighted by atomic mass is 9.88. The monoisotopic (exact) mass is 277 g/mol. The highest BCUT2D eigenvalue weighted by molar-refractivity contribution is 7.17. The molecule has 104 valence electrons. The van der Waals surface area contributed by atoms with E-state index in [2.05, 4.69) is 48.8 Å². The number of benzene rings is 1. The van der Waals surface area contributed by atoms with Gasteiger partial charge in [0.15, 0.2) is 0 Å². The second-order valence-electron chi connectivity index (χ2n) is 5.85. The van der Waals surface area contributed by atoms with E-state index in [1.807, 2.05) is 11.3 Å². The topological polar surface area (TPSA) is 32.3 Å². The van der Waals surface area contributed by atoms with Crippen LogP contribution in [0.1, 0.15) is 32.3 Å². The summed E-state index contributed by atoms with van der Waals surface area (Å²) < 4.78 is 1.36. The van der Waals surface area contributed by atoms with E-state index in [0.29, 0.717) is 6.61 Å². The van der Waals surface area contributed by atoms with Crippen LogP contribution < -0.4 is 5.32 Å². The third-order valence-electron chi connectivity index (χ3n) is 3.49. The number of hydrogen-bond donors (Lipinski definition) is 2. The van der Waals surface area contributed by atoms with Crippen molar-refractivity contribution in [3.63, 3.8) is 0 Å². The van der Waals surface area contributed by atoms with Crippen molar-refractivity contribution in [2.75, 3.05) is 13.2 Å². The normalized spacial score (nSPS) is 12.2. The number of aliphatic hydroxyl groups excluding tert-OH is 1. The number of thiophene rings is 1. The Morgan fingerprint density at radius 1 is 1.26 bits per heavy atom. The zero-order chi connectivity index (χ0) is 13.7. The zero-order valence-electron chi connectivity index (χ0n) is 11.8. The van der Waals surface area contributed by atoms with E-state index in [1.165, 1.54) is 15.6 Å². The molecule has 0 radical (unpaired) electrons. The molecule has 0 saturated heterocycles. The number of aliphatic hydroxyl groups is 1. The Balaban J connectivity index is 1.89. The van der Waals surface area contributed by atoms with Gasteiger partial charge in [-0.3, -0.25) is 0 Å². The summed E-state index contributed by atoms with van der Waals surface area (Å²) >= 11 is 1.81. The van der Waals surface area contributed by atoms with Crippen molar-refractivity contribution in [1.82, 2.24) is 5.32 Å². The summed E-state index contributed by atoms with van der Waals surface area (Å²) in [5.74, 6) is 0. The molecular weight excluding hydrogens is 254 g/mol. The van der Waals surface area contributed by atoms with E-state index in [0.717, 1.165) is 25.9 Å². The van der Waals surface area contributed by atoms with Crippen molar-refractivity contribution in [3.05, 3.63) is 35.2 Å². The molecule has 2 aromatic rings. The van der Waals surface area contributed by atoms with Gasteiger partial charge >= 0.3 is 0 Å². The van der Waals surface area contributed by atoms with Crippen LogP contribution in [-0.2, 0) is 6.54 Å². The molecule has 0 aliphatic heterocycles. The highest BCUT2D eigenvalue weighted by Gasteiger charge is 2.16. The largest absolute Gasteiger partial charge is 0.396 e. The smallest absolute Gasteiger partial charge is 0.0431 e. The number of hydrogen-bond acceptors (Lipinski definition) is 3. The summed E-state index contributed by atoms with van der Waals surface area (Å²) in [6.07, 6.45) is 1.94. The first kappa shape index (κ1) is 14.5. The second-order valence-corrected chi connectivity index (χ2v) is 6.76. The first-order valence-electron chi connectivity index (χ1n) is 6.89. The van der Waals surface area contributed by atoms with Crippen LogP contribution in [0.15, 0.2) is 29.6 Å². The van der Waals surface area contributed by atoms with Gasteiger partial charge in [-0.2, -0.15) is 0 Å². The number of rotatable bonds is 7. The van der Waals surface area contributed by atoms with Crippen LogP contribution in [0.2, 0.25) is 0 Å². The highest BCUT2D eigenvalue weighted by Crippen LogP contribution is 2.26. The first-order valence-corrected chi connectivity index (χ1v) is 7.77. The first-order chi connectivity index (χ1) is 9.12. The Morgan fingerprint density at radius 3 is 2.84 bits per heavy atom. The van der Waals surface area contributed by atoms with E-state index < -0.39 is 0 Å². The average molecular weight is 277 g/mol. The van der Waals surface area contributed by atoms with E-state index >= 15 is 0 Å². The van der Waals surface area contributed by atoms with Gasteiger partial charge in [-0.25, -0.2) is 0 Å². The van der Waals surface area contributed by atoms with Gasteiger partial charge in [-0.1, -0.05) is 32.0 Å². The van der Waals surface area contributed by atoms with Gasteiger partial charge < -0.3 is 10.4 Å². The molecule has 2 N–H and O–H groups in total. The molecule has 0 unspecified atom stereocenters. The molecule has 1 heterocycles. The van der Waals surface area contributed by atoms with Crippen LogP contribution in [0, 0.1) is 5.41 Å². The molecular formula is C16H23NOS. The lowest BCUT2D eigenvalue weighted by molar-refractivity contribution is 0.236. The highest BCUT2D eigenvalue weighted by atomic mass is 32.1. The van der Waals surface area contributed by atoms with Gasteiger partial charge in [-0.05, 0) is 40.7 Å². The quantitative estimate of drug-likeness (QED) is 0.807. The summed E-state index contributed by atoms with van der Waals surface area (Å²) in [4.78, 5) is 0. The summed E-state index contributed by atoms with van der Waals surface area (Å²) in [6, 6.07) is 8.56. The number of nitrogens with one attached hydrogen (secondary N) is 1. The van der Waals surface area contributed by atoms with Crippen molar-refractivity contribution in [2.45, 2.75) is 33.2 Å². The summed E-state index contributed by atoms with van der Waals surface area (Å²) in [7, 11) is 0. The summed E-state index contributed by atoms with van der Waals surface area (Å²) in [5.41, 5.74) is 1.63. The van der Waals surface area contributed by atoms with Crippen molar-refractivity contribution < 1.29 is 5.11 Å². The molecule has 3 heteroatoms. The average Bonchev–Trinajstić information content (AvgIpc) is 2.80. The Labute approximate surface area is 119 Å². The van der Waals surface area contributed by atoms with Gasteiger partial charge in [0.2, 0.25) is 0 Å². The summed E-state index contributed by atoms with van der Waals surface area (Å²) in [6.45, 7) is 6.70. The maximum Gasteiger partial charge on any atom is 0.0431 e. The molecule has 0 aliphatic carbocycles. The minimum Gasteiger partial charge on any atom is -0.396 e. The Morgan fingerprint density at radius 2 is 2.05 bits per heavy atom. The molecule has 2 rings (SSSR count). The van der Waals surface area contributed by atoms with Crippen molar-refractivity contribution in [3.8, 4) is 0 Å². The minimum atomic E-state index is 0.245. The van der Waals surface area contributed by atoms with Crippen molar-refractivity contribution in [2.24, 2.45) is 5.41 Å². The van der Waals surface area contributed by atoms with Gasteiger partial charge in [0, 0.05) is 24.4 Å². The predicted octanol–water partition coefficient (Wildman–Crippen LogP) is 3.79. The van der Waals surface area contributed by atoms with Gasteiger partial charge in [0.1, 0.15) is 0 Å². The molecule has 19 heavy (non-hydrogen) atoms. The minimum absolute atomic E-state index is 0.245. The Bertz CT molecular complexity index is 518. The molecule has 0 aliphatic rings. The fraction of sp³-hybridized carbons (Fsp3) is 0.500. The van der Waals surface area contributed by atoms with E-state index in [9.17, 15) is 0 Å². The van der Waals surface area contributed by atoms with E-state index in [4.69, 9.17) is 5.11 Å². The molecule has 0 atom stereocenters. The van der Waals surface area contributed by atoms with Crippen LogP contribution in [0.3, 0.4) is 0 Å². The third kappa shape index (κ3) is 4.03. The van der Waals surface area contributed by atoms with Gasteiger partial charge in [0.25, 0.3) is 0 Å². The van der Waals surface area contributed by atoms with Crippen LogP contribution in [0.4, 0.5) is 0 Å². The molecule has 0 saturated carbocycles. The molecule has 0 bridgehead atoms. The maximum absolute atomic E-state index is 8.90. The van der Waals surface area contributed by atoms with Crippen molar-refractivity contribution in [1.29, 1.82) is 0 Å². The fourth-order valence-electron chi connectivity index (χ4n) is 2.35. The third-order valence-corrected chi connectivity index (χ3v) is 4.50. The number of fused-ring (bicyclic) bond motifs is 1. The SMILES string of the molecule is CC(C)(CCCO)CNCc1csc2ccccc12. The van der Waals surface area contributed by atoms with Crippen LogP contribution in [-0.4, -0.2) is 18.3 Å². The predicted molar refractivity (Wildman–Crippen MR) is 83.6 cm³/mol. The molecule has 0 fully saturated rings. The maximum atomic E-state index is 8.90. The van der Waals surface area contributed by atoms with Crippen LogP contribution >= 0.6 is 11.3 Å². The van der Waals surface area contributed by atoms with Gasteiger partial charge in [-0.15, -0.1) is 11.3 Å². The zero-order valence-corrected chi connectivity index (χ0v) is 12.6. The molecule has 1 aromatic carbocycles. The van der Waals surface area contributed by atoms with Crippen molar-refractivity contribution >= 4 is 21.4 Å². The summed E-state index contributed by atoms with van der Waals surface area (Å²) in [5, 5.41) is 16.1. The lowest BCUT2D eigenvalue weighted by Crippen LogP contribution is -2.29. The van der Waals surface area contributed by atoms with E-state index in [-0.39, 0.29) is 5.41 Å². The fourth-order valence-corrected chi connectivity index (χ4v) is 3.31. The molecule has 0 amide bonds. The molecule has 1 aromatic heterocycles. The standard InChI is InChI=1S/C16H23NOS/c1-16(2,8-5-9-18)12-17-10-13-11-19-15-7-4-3-6-14(13)15/h3-4,6-7,11,17-18H,5,8-10,12H2,1-2H3. The Hall–Kier alpha value is -0.900. The Kier molecular flexibility index (Phi) is 4.97. The van der Waals surface area contributed by atoms with Crippen LogP contribution in [0.25, 0.3) is 10.1 Å². The second kappa shape index (κ2) is 6.51. The molecule has 0 spiro atoms. The molecule has 2 nitrogen and oxygen atoms in total.